The number of benzene rings is 1. The number of thiazole rings is 1. The monoisotopic (exact) mass is 376 g/mol. The van der Waals surface area contributed by atoms with Crippen molar-refractivity contribution in [3.05, 3.63) is 34.8 Å². The third kappa shape index (κ3) is 5.29. The van der Waals surface area contributed by atoms with Crippen LogP contribution in [0.3, 0.4) is 0 Å². The lowest BCUT2D eigenvalue weighted by Crippen LogP contribution is -2.35. The molecule has 26 heavy (non-hydrogen) atoms. The summed E-state index contributed by atoms with van der Waals surface area (Å²) < 4.78 is 10.3. The van der Waals surface area contributed by atoms with Crippen molar-refractivity contribution in [1.82, 2.24) is 10.3 Å². The molecular formula is C19H24N2O4S. The van der Waals surface area contributed by atoms with E-state index >= 15 is 0 Å². The van der Waals surface area contributed by atoms with Crippen LogP contribution in [0.5, 0.6) is 5.75 Å². The summed E-state index contributed by atoms with van der Waals surface area (Å²) in [6.45, 7) is 5.44. The van der Waals surface area contributed by atoms with Crippen molar-refractivity contribution in [2.45, 2.75) is 39.7 Å². The average molecular weight is 376 g/mol. The van der Waals surface area contributed by atoms with Crippen molar-refractivity contribution in [2.75, 3.05) is 13.7 Å². The molecule has 0 bridgehead atoms. The molecule has 6 nitrogen and oxygen atoms in total. The van der Waals surface area contributed by atoms with Crippen LogP contribution in [0.4, 0.5) is 0 Å². The summed E-state index contributed by atoms with van der Waals surface area (Å²) in [6.07, 6.45) is 1.87. The molecule has 0 aliphatic carbocycles. The molecule has 0 aliphatic heterocycles. The van der Waals surface area contributed by atoms with Crippen LogP contribution < -0.4 is 10.1 Å². The number of methoxy groups -OCH3 is 1. The molecule has 1 aromatic carbocycles. The van der Waals surface area contributed by atoms with Crippen molar-refractivity contribution >= 4 is 23.2 Å². The molecule has 1 atom stereocenters. The quantitative estimate of drug-likeness (QED) is 0.713. The number of hydrogen-bond acceptors (Lipinski definition) is 6. The summed E-state index contributed by atoms with van der Waals surface area (Å²) in [5.41, 5.74) is 1.48. The number of ether oxygens (including phenoxy) is 2. The number of hydrogen-bond donors (Lipinski definition) is 1. The highest BCUT2D eigenvalue weighted by molar-refractivity contribution is 7.17. The first-order valence-corrected chi connectivity index (χ1v) is 9.34. The van der Waals surface area contributed by atoms with Gasteiger partial charge in [-0.25, -0.2) is 9.78 Å². The molecule has 1 heterocycles. The first kappa shape index (κ1) is 19.9. The topological polar surface area (TPSA) is 77.5 Å². The minimum Gasteiger partial charge on any atom is -0.497 e. The lowest BCUT2D eigenvalue weighted by Gasteiger charge is -2.12. The van der Waals surface area contributed by atoms with E-state index in [1.165, 1.54) is 11.3 Å². The average Bonchev–Trinajstić information content (AvgIpc) is 3.01. The molecule has 0 unspecified atom stereocenters. The molecule has 2 rings (SSSR count). The predicted octanol–water partition coefficient (Wildman–Crippen LogP) is 3.59. The van der Waals surface area contributed by atoms with Gasteiger partial charge in [0.1, 0.15) is 15.6 Å². The van der Waals surface area contributed by atoms with Gasteiger partial charge in [0.15, 0.2) is 6.61 Å². The van der Waals surface area contributed by atoms with Crippen LogP contribution in [-0.4, -0.2) is 36.6 Å². The van der Waals surface area contributed by atoms with Crippen molar-refractivity contribution in [1.29, 1.82) is 0 Å². The highest BCUT2D eigenvalue weighted by Gasteiger charge is 2.19. The van der Waals surface area contributed by atoms with Gasteiger partial charge in [-0.15, -0.1) is 11.3 Å². The predicted molar refractivity (Wildman–Crippen MR) is 102 cm³/mol. The maximum atomic E-state index is 12.3. The van der Waals surface area contributed by atoms with Gasteiger partial charge in [0, 0.05) is 11.6 Å². The Morgan fingerprint density at radius 2 is 1.96 bits per heavy atom. The Labute approximate surface area is 157 Å². The standard InChI is InChI=1S/C19H24N2O4S/c1-5-6-12(2)20-16(22)11-25-19(23)17-13(3)21-18(26-17)14-7-9-15(24-4)10-8-14/h7-10,12H,5-6,11H2,1-4H3,(H,20,22)/t12-/m0/s1. The molecule has 1 aromatic heterocycles. The highest BCUT2D eigenvalue weighted by atomic mass is 32.1. The van der Waals surface area contributed by atoms with Crippen LogP contribution in [0.1, 0.15) is 42.1 Å². The normalized spacial score (nSPS) is 11.7. The summed E-state index contributed by atoms with van der Waals surface area (Å²) in [5.74, 6) is -0.0696. The van der Waals surface area contributed by atoms with Gasteiger partial charge < -0.3 is 14.8 Å². The Balaban J connectivity index is 1.99. The number of amides is 1. The molecule has 140 valence electrons. The van der Waals surface area contributed by atoms with Gasteiger partial charge in [-0.1, -0.05) is 13.3 Å². The zero-order valence-electron chi connectivity index (χ0n) is 15.5. The zero-order valence-corrected chi connectivity index (χ0v) is 16.3. The second-order valence-corrected chi connectivity index (χ2v) is 6.99. The van der Waals surface area contributed by atoms with Gasteiger partial charge >= 0.3 is 5.97 Å². The number of rotatable bonds is 8. The fourth-order valence-corrected chi connectivity index (χ4v) is 3.43. The summed E-state index contributed by atoms with van der Waals surface area (Å²) in [6, 6.07) is 7.51. The third-order valence-corrected chi connectivity index (χ3v) is 4.97. The zero-order chi connectivity index (χ0) is 19.1. The van der Waals surface area contributed by atoms with E-state index in [2.05, 4.69) is 17.2 Å². The van der Waals surface area contributed by atoms with Gasteiger partial charge in [0.25, 0.3) is 5.91 Å². The molecule has 0 saturated carbocycles. The minimum absolute atomic E-state index is 0.0676. The van der Waals surface area contributed by atoms with Crippen LogP contribution in [0, 0.1) is 6.92 Å². The van der Waals surface area contributed by atoms with Crippen LogP contribution in [-0.2, 0) is 9.53 Å². The van der Waals surface area contributed by atoms with Gasteiger partial charge in [-0.2, -0.15) is 0 Å². The fraction of sp³-hybridized carbons (Fsp3) is 0.421. The molecular weight excluding hydrogens is 352 g/mol. The van der Waals surface area contributed by atoms with E-state index in [9.17, 15) is 9.59 Å². The minimum atomic E-state index is -0.530. The molecule has 0 radical (unpaired) electrons. The van der Waals surface area contributed by atoms with E-state index in [1.54, 1.807) is 14.0 Å². The molecule has 0 fully saturated rings. The van der Waals surface area contributed by atoms with E-state index in [1.807, 2.05) is 31.2 Å². The number of aromatic nitrogens is 1. The molecule has 2 aromatic rings. The van der Waals surface area contributed by atoms with E-state index in [4.69, 9.17) is 9.47 Å². The van der Waals surface area contributed by atoms with Gasteiger partial charge in [-0.05, 0) is 44.5 Å². The Morgan fingerprint density at radius 3 is 2.58 bits per heavy atom. The molecule has 0 spiro atoms. The number of carbonyl (C=O) groups excluding carboxylic acids is 2. The van der Waals surface area contributed by atoms with Crippen molar-refractivity contribution in [3.8, 4) is 16.3 Å². The van der Waals surface area contributed by atoms with Crippen LogP contribution >= 0.6 is 11.3 Å². The Morgan fingerprint density at radius 1 is 1.27 bits per heavy atom. The second kappa shape index (κ2) is 9.33. The number of carbonyl (C=O) groups is 2. The molecule has 0 saturated heterocycles. The van der Waals surface area contributed by atoms with Crippen molar-refractivity contribution < 1.29 is 19.1 Å². The first-order chi connectivity index (χ1) is 12.4. The Bertz CT molecular complexity index is 755. The van der Waals surface area contributed by atoms with Gasteiger partial charge in [-0.3, -0.25) is 4.79 Å². The number of nitrogens with zero attached hydrogens (tertiary/aromatic N) is 1. The molecule has 1 N–H and O–H groups in total. The number of aryl methyl sites for hydroxylation is 1. The highest BCUT2D eigenvalue weighted by Crippen LogP contribution is 2.29. The van der Waals surface area contributed by atoms with E-state index < -0.39 is 5.97 Å². The molecule has 7 heteroatoms. The van der Waals surface area contributed by atoms with E-state index in [0.717, 1.165) is 29.2 Å². The van der Waals surface area contributed by atoms with Crippen molar-refractivity contribution in [2.24, 2.45) is 0 Å². The van der Waals surface area contributed by atoms with Crippen LogP contribution in [0.15, 0.2) is 24.3 Å². The van der Waals surface area contributed by atoms with Gasteiger partial charge in [0.05, 0.1) is 12.8 Å². The smallest absolute Gasteiger partial charge is 0.350 e. The van der Waals surface area contributed by atoms with Gasteiger partial charge in [0.2, 0.25) is 0 Å². The van der Waals surface area contributed by atoms with Crippen LogP contribution in [0.25, 0.3) is 10.6 Å². The Hall–Kier alpha value is -2.41. The maximum absolute atomic E-state index is 12.3. The summed E-state index contributed by atoms with van der Waals surface area (Å²) in [4.78, 5) is 28.9. The summed E-state index contributed by atoms with van der Waals surface area (Å²) in [5, 5.41) is 3.52. The maximum Gasteiger partial charge on any atom is 0.350 e. The number of nitrogens with one attached hydrogen (secondary N) is 1. The van der Waals surface area contributed by atoms with Crippen molar-refractivity contribution in [3.63, 3.8) is 0 Å². The number of esters is 1. The lowest BCUT2D eigenvalue weighted by atomic mass is 10.2. The largest absolute Gasteiger partial charge is 0.497 e. The fourth-order valence-electron chi connectivity index (χ4n) is 2.46. The third-order valence-electron chi connectivity index (χ3n) is 3.78. The van der Waals surface area contributed by atoms with E-state index in [-0.39, 0.29) is 18.6 Å². The second-order valence-electron chi connectivity index (χ2n) is 6.00. The molecule has 1 amide bonds. The molecule has 0 aliphatic rings. The van der Waals surface area contributed by atoms with Crippen LogP contribution in [0.2, 0.25) is 0 Å². The summed E-state index contributed by atoms with van der Waals surface area (Å²) in [7, 11) is 1.61. The Kier molecular flexibility index (Phi) is 7.15. The SMILES string of the molecule is CCC[C@H](C)NC(=O)COC(=O)c1sc(-c2ccc(OC)cc2)nc1C. The lowest BCUT2D eigenvalue weighted by molar-refractivity contribution is -0.124. The first-order valence-electron chi connectivity index (χ1n) is 8.53. The summed E-state index contributed by atoms with van der Waals surface area (Å²) >= 11 is 1.25. The van der Waals surface area contributed by atoms with E-state index in [0.29, 0.717) is 10.6 Å².